The van der Waals surface area contributed by atoms with E-state index >= 15 is 0 Å². The second kappa shape index (κ2) is 6.47. The number of carbonyl (C=O) groups excluding carboxylic acids is 1. The number of aromatic nitrogens is 2. The SMILES string of the molecule is Cn1ncc2ccc(COc3cc(C(F)F)cc4c3C(=O)OC(C)(C)O4)cc21. The summed E-state index contributed by atoms with van der Waals surface area (Å²) >= 11 is 0. The number of alkyl halides is 2. The number of rotatable bonds is 4. The molecule has 0 saturated carbocycles. The molecular weight excluding hydrogens is 370 g/mol. The largest absolute Gasteiger partial charge is 0.488 e. The van der Waals surface area contributed by atoms with Crippen LogP contribution in [-0.4, -0.2) is 21.5 Å². The molecule has 4 rings (SSSR count). The summed E-state index contributed by atoms with van der Waals surface area (Å²) in [5.41, 5.74) is 1.43. The fourth-order valence-electron chi connectivity index (χ4n) is 3.13. The van der Waals surface area contributed by atoms with Gasteiger partial charge in [0.05, 0.1) is 11.7 Å². The maximum absolute atomic E-state index is 13.3. The highest BCUT2D eigenvalue weighted by atomic mass is 19.3. The number of hydrogen-bond acceptors (Lipinski definition) is 5. The van der Waals surface area contributed by atoms with E-state index in [1.807, 2.05) is 25.2 Å². The lowest BCUT2D eigenvalue weighted by Gasteiger charge is -2.32. The number of benzene rings is 2. The number of carbonyl (C=O) groups is 1. The summed E-state index contributed by atoms with van der Waals surface area (Å²) in [5, 5.41) is 5.16. The lowest BCUT2D eigenvalue weighted by Crippen LogP contribution is -2.39. The Labute approximate surface area is 159 Å². The minimum atomic E-state index is -2.73. The first kappa shape index (κ1) is 18.2. The van der Waals surface area contributed by atoms with E-state index < -0.39 is 18.2 Å². The monoisotopic (exact) mass is 388 g/mol. The van der Waals surface area contributed by atoms with E-state index in [2.05, 4.69) is 5.10 Å². The van der Waals surface area contributed by atoms with Crippen LogP contribution < -0.4 is 9.47 Å². The second-order valence-electron chi connectivity index (χ2n) is 7.03. The molecular formula is C20H18F2N2O4. The molecule has 1 aliphatic heterocycles. The molecule has 0 atom stereocenters. The minimum Gasteiger partial charge on any atom is -0.488 e. The van der Waals surface area contributed by atoms with Crippen LogP contribution in [0.3, 0.4) is 0 Å². The summed E-state index contributed by atoms with van der Waals surface area (Å²) in [4.78, 5) is 12.4. The van der Waals surface area contributed by atoms with Gasteiger partial charge in [0.25, 0.3) is 6.43 Å². The molecule has 2 aromatic carbocycles. The molecule has 6 nitrogen and oxygen atoms in total. The van der Waals surface area contributed by atoms with E-state index in [4.69, 9.17) is 14.2 Å². The summed E-state index contributed by atoms with van der Waals surface area (Å²) in [6, 6.07) is 7.94. The maximum atomic E-state index is 13.3. The van der Waals surface area contributed by atoms with E-state index in [0.717, 1.165) is 28.6 Å². The molecule has 8 heteroatoms. The van der Waals surface area contributed by atoms with Crippen LogP contribution in [-0.2, 0) is 18.4 Å². The van der Waals surface area contributed by atoms with Crippen molar-refractivity contribution in [1.29, 1.82) is 0 Å². The normalized spacial score (nSPS) is 15.3. The number of hydrogen-bond donors (Lipinski definition) is 0. The Kier molecular flexibility index (Phi) is 4.21. The summed E-state index contributed by atoms with van der Waals surface area (Å²) in [6.07, 6.45) is -0.986. The number of ether oxygens (including phenoxy) is 3. The van der Waals surface area contributed by atoms with Gasteiger partial charge in [0.1, 0.15) is 23.7 Å². The molecule has 2 heterocycles. The maximum Gasteiger partial charge on any atom is 0.349 e. The Morgan fingerprint density at radius 2 is 2.00 bits per heavy atom. The summed E-state index contributed by atoms with van der Waals surface area (Å²) in [5.74, 6) is -1.90. The third-order valence-corrected chi connectivity index (χ3v) is 4.45. The predicted molar refractivity (Wildman–Crippen MR) is 96.6 cm³/mol. The van der Waals surface area contributed by atoms with Gasteiger partial charge in [-0.1, -0.05) is 12.1 Å². The van der Waals surface area contributed by atoms with Gasteiger partial charge in [-0.2, -0.15) is 5.10 Å². The van der Waals surface area contributed by atoms with Crippen molar-refractivity contribution in [1.82, 2.24) is 9.78 Å². The molecule has 0 aliphatic carbocycles. The molecule has 0 N–H and O–H groups in total. The Morgan fingerprint density at radius 3 is 2.75 bits per heavy atom. The van der Waals surface area contributed by atoms with Crippen LogP contribution in [0.1, 0.15) is 41.8 Å². The molecule has 3 aromatic rings. The average Bonchev–Trinajstić information content (AvgIpc) is 2.98. The van der Waals surface area contributed by atoms with E-state index in [9.17, 15) is 13.6 Å². The molecule has 0 spiro atoms. The van der Waals surface area contributed by atoms with Gasteiger partial charge >= 0.3 is 5.97 Å². The first-order valence-corrected chi connectivity index (χ1v) is 8.65. The molecule has 0 fully saturated rings. The van der Waals surface area contributed by atoms with Gasteiger partial charge < -0.3 is 14.2 Å². The quantitative estimate of drug-likeness (QED) is 0.621. The van der Waals surface area contributed by atoms with Gasteiger partial charge in [-0.05, 0) is 23.8 Å². The zero-order valence-electron chi connectivity index (χ0n) is 15.5. The Hall–Kier alpha value is -3.16. The fourth-order valence-corrected chi connectivity index (χ4v) is 3.13. The number of esters is 1. The van der Waals surface area contributed by atoms with Gasteiger partial charge in [-0.15, -0.1) is 0 Å². The number of cyclic esters (lactones) is 1. The number of nitrogens with zero attached hydrogens (tertiary/aromatic N) is 2. The van der Waals surface area contributed by atoms with Gasteiger partial charge in [0.15, 0.2) is 0 Å². The molecule has 28 heavy (non-hydrogen) atoms. The standard InChI is InChI=1S/C20H18F2N2O4/c1-20(2)27-16-8-13(18(21)22)7-15(17(16)19(25)28-20)26-10-11-4-5-12-9-23-24(3)14(12)6-11/h4-9,18H,10H2,1-3H3. The summed E-state index contributed by atoms with van der Waals surface area (Å²) in [7, 11) is 1.82. The Morgan fingerprint density at radius 1 is 1.21 bits per heavy atom. The molecule has 0 saturated heterocycles. The van der Waals surface area contributed by atoms with Crippen molar-refractivity contribution in [2.45, 2.75) is 32.7 Å². The zero-order chi connectivity index (χ0) is 20.1. The second-order valence-corrected chi connectivity index (χ2v) is 7.03. The van der Waals surface area contributed by atoms with Crippen molar-refractivity contribution in [3.05, 3.63) is 53.2 Å². The van der Waals surface area contributed by atoms with E-state index in [-0.39, 0.29) is 29.2 Å². The summed E-state index contributed by atoms with van der Waals surface area (Å²) < 4.78 is 44.9. The summed E-state index contributed by atoms with van der Waals surface area (Å²) in [6.45, 7) is 3.15. The third-order valence-electron chi connectivity index (χ3n) is 4.45. The third kappa shape index (κ3) is 3.26. The van der Waals surface area contributed by atoms with Gasteiger partial charge in [-0.25, -0.2) is 13.6 Å². The smallest absolute Gasteiger partial charge is 0.349 e. The van der Waals surface area contributed by atoms with Crippen molar-refractivity contribution in [2.24, 2.45) is 7.05 Å². The Balaban J connectivity index is 1.69. The van der Waals surface area contributed by atoms with Crippen LogP contribution in [0, 0.1) is 0 Å². The first-order valence-electron chi connectivity index (χ1n) is 8.65. The van der Waals surface area contributed by atoms with Gasteiger partial charge in [0.2, 0.25) is 5.79 Å². The van der Waals surface area contributed by atoms with Crippen LogP contribution >= 0.6 is 0 Å². The predicted octanol–water partition coefficient (Wildman–Crippen LogP) is 4.38. The highest BCUT2D eigenvalue weighted by molar-refractivity contribution is 5.97. The van der Waals surface area contributed by atoms with Crippen LogP contribution in [0.2, 0.25) is 0 Å². The van der Waals surface area contributed by atoms with Crippen molar-refractivity contribution >= 4 is 16.9 Å². The minimum absolute atomic E-state index is 0.00148. The van der Waals surface area contributed by atoms with Crippen LogP contribution in [0.4, 0.5) is 8.78 Å². The molecule has 0 unspecified atom stereocenters. The molecule has 1 aliphatic rings. The van der Waals surface area contributed by atoms with E-state index in [1.165, 1.54) is 13.8 Å². The number of fused-ring (bicyclic) bond motifs is 2. The van der Waals surface area contributed by atoms with Crippen LogP contribution in [0.25, 0.3) is 10.9 Å². The average molecular weight is 388 g/mol. The lowest BCUT2D eigenvalue weighted by molar-refractivity contribution is -0.127. The number of halogens is 2. The topological polar surface area (TPSA) is 62.6 Å². The lowest BCUT2D eigenvalue weighted by atomic mass is 10.1. The van der Waals surface area contributed by atoms with E-state index in [0.29, 0.717) is 0 Å². The molecule has 146 valence electrons. The molecule has 0 bridgehead atoms. The van der Waals surface area contributed by atoms with Crippen molar-refractivity contribution in [2.75, 3.05) is 0 Å². The van der Waals surface area contributed by atoms with Crippen LogP contribution in [0.5, 0.6) is 11.5 Å². The van der Waals surface area contributed by atoms with Gasteiger partial charge in [0, 0.05) is 31.8 Å². The molecule has 0 amide bonds. The molecule has 1 aromatic heterocycles. The van der Waals surface area contributed by atoms with Gasteiger partial charge in [-0.3, -0.25) is 4.68 Å². The number of aryl methyl sites for hydroxylation is 1. The fraction of sp³-hybridized carbons (Fsp3) is 0.300. The highest BCUT2D eigenvalue weighted by Crippen LogP contribution is 2.40. The highest BCUT2D eigenvalue weighted by Gasteiger charge is 2.37. The van der Waals surface area contributed by atoms with Crippen molar-refractivity contribution in [3.8, 4) is 11.5 Å². The first-order chi connectivity index (χ1) is 13.2. The van der Waals surface area contributed by atoms with Crippen molar-refractivity contribution < 1.29 is 27.8 Å². The Bertz CT molecular complexity index is 1080. The molecule has 0 radical (unpaired) electrons. The van der Waals surface area contributed by atoms with Crippen LogP contribution in [0.15, 0.2) is 36.5 Å². The van der Waals surface area contributed by atoms with E-state index in [1.54, 1.807) is 10.9 Å². The zero-order valence-corrected chi connectivity index (χ0v) is 15.5. The van der Waals surface area contributed by atoms with Crippen molar-refractivity contribution in [3.63, 3.8) is 0 Å².